The molecule has 1 unspecified atom stereocenters. The summed E-state index contributed by atoms with van der Waals surface area (Å²) in [5, 5.41) is 3.03. The molecular formula is C19H25N3O. The first kappa shape index (κ1) is 17.2. The van der Waals surface area contributed by atoms with Gasteiger partial charge in [0.2, 0.25) is 5.91 Å². The monoisotopic (exact) mass is 311 g/mol. The minimum Gasteiger partial charge on any atom is -0.351 e. The lowest BCUT2D eigenvalue weighted by Gasteiger charge is -2.24. The van der Waals surface area contributed by atoms with Gasteiger partial charge in [-0.1, -0.05) is 38.1 Å². The normalized spacial score (nSPS) is 12.2. The lowest BCUT2D eigenvalue weighted by Crippen LogP contribution is -2.44. The van der Waals surface area contributed by atoms with Crippen molar-refractivity contribution in [3.63, 3.8) is 0 Å². The molecule has 4 nitrogen and oxygen atoms in total. The van der Waals surface area contributed by atoms with Crippen molar-refractivity contribution >= 4 is 5.91 Å². The Bertz CT molecular complexity index is 610. The molecule has 1 atom stereocenters. The van der Waals surface area contributed by atoms with Crippen LogP contribution in [0.2, 0.25) is 0 Å². The molecule has 1 amide bonds. The van der Waals surface area contributed by atoms with E-state index in [1.807, 2.05) is 26.1 Å². The summed E-state index contributed by atoms with van der Waals surface area (Å²) in [7, 11) is 1.98. The summed E-state index contributed by atoms with van der Waals surface area (Å²) >= 11 is 0. The van der Waals surface area contributed by atoms with E-state index in [-0.39, 0.29) is 11.9 Å². The maximum Gasteiger partial charge on any atom is 0.237 e. The fraction of sp³-hybridized carbons (Fsp3) is 0.368. The van der Waals surface area contributed by atoms with E-state index in [1.54, 1.807) is 12.4 Å². The predicted molar refractivity (Wildman–Crippen MR) is 93.9 cm³/mol. The minimum atomic E-state index is -0.0592. The number of benzene rings is 1. The number of hydrogen-bond acceptors (Lipinski definition) is 3. The maximum atomic E-state index is 12.3. The average Bonchev–Trinajstić information content (AvgIpc) is 2.61. The van der Waals surface area contributed by atoms with Crippen molar-refractivity contribution in [1.29, 1.82) is 0 Å². The van der Waals surface area contributed by atoms with Crippen LogP contribution >= 0.6 is 0 Å². The molecule has 2 rings (SSSR count). The molecule has 0 aliphatic rings. The zero-order chi connectivity index (χ0) is 16.7. The van der Waals surface area contributed by atoms with E-state index >= 15 is 0 Å². The number of nitrogens with one attached hydrogen (secondary N) is 1. The van der Waals surface area contributed by atoms with Crippen LogP contribution in [0.5, 0.6) is 0 Å². The highest BCUT2D eigenvalue weighted by Gasteiger charge is 2.19. The summed E-state index contributed by atoms with van der Waals surface area (Å²) in [6.45, 7) is 5.53. The Kier molecular flexibility index (Phi) is 6.29. The van der Waals surface area contributed by atoms with Crippen molar-refractivity contribution in [2.75, 3.05) is 13.6 Å². The standard InChI is InChI=1S/C19H25N3O/c1-4-18(22(3)5-2)19(23)21-14-15-6-8-16(9-7-15)17-10-12-20-13-11-17/h6-13,18H,4-5,14H2,1-3H3,(H,21,23). The van der Waals surface area contributed by atoms with Gasteiger partial charge < -0.3 is 5.32 Å². The first-order valence-electron chi connectivity index (χ1n) is 8.13. The van der Waals surface area contributed by atoms with Crippen LogP contribution in [0.4, 0.5) is 0 Å². The van der Waals surface area contributed by atoms with Gasteiger partial charge >= 0.3 is 0 Å². The maximum absolute atomic E-state index is 12.3. The van der Waals surface area contributed by atoms with Crippen LogP contribution in [-0.4, -0.2) is 35.4 Å². The predicted octanol–water partition coefficient (Wildman–Crippen LogP) is 3.10. The third-order valence-electron chi connectivity index (χ3n) is 4.15. The SMILES string of the molecule is CCC(C(=O)NCc1ccc(-c2ccncc2)cc1)N(C)CC. The van der Waals surface area contributed by atoms with Gasteiger partial charge in [-0.2, -0.15) is 0 Å². The second kappa shape index (κ2) is 8.44. The summed E-state index contributed by atoms with van der Waals surface area (Å²) in [5.41, 5.74) is 3.40. The van der Waals surface area contributed by atoms with E-state index in [1.165, 1.54) is 0 Å². The molecular weight excluding hydrogens is 286 g/mol. The molecule has 0 aliphatic heterocycles. The zero-order valence-corrected chi connectivity index (χ0v) is 14.1. The first-order valence-corrected chi connectivity index (χ1v) is 8.13. The second-order valence-corrected chi connectivity index (χ2v) is 5.65. The van der Waals surface area contributed by atoms with Crippen molar-refractivity contribution in [2.24, 2.45) is 0 Å². The number of carbonyl (C=O) groups excluding carboxylic acids is 1. The summed E-state index contributed by atoms with van der Waals surface area (Å²) < 4.78 is 0. The highest BCUT2D eigenvalue weighted by Crippen LogP contribution is 2.18. The Morgan fingerprint density at radius 1 is 1.09 bits per heavy atom. The van der Waals surface area contributed by atoms with Gasteiger partial charge in [0.15, 0.2) is 0 Å². The van der Waals surface area contributed by atoms with Gasteiger partial charge in [-0.25, -0.2) is 0 Å². The minimum absolute atomic E-state index is 0.0592. The van der Waals surface area contributed by atoms with Gasteiger partial charge in [0.25, 0.3) is 0 Å². The number of hydrogen-bond donors (Lipinski definition) is 1. The van der Waals surface area contributed by atoms with Crippen LogP contribution in [0.1, 0.15) is 25.8 Å². The van der Waals surface area contributed by atoms with E-state index in [4.69, 9.17) is 0 Å². The van der Waals surface area contributed by atoms with Crippen molar-refractivity contribution in [1.82, 2.24) is 15.2 Å². The molecule has 4 heteroatoms. The van der Waals surface area contributed by atoms with E-state index in [0.717, 1.165) is 29.7 Å². The number of rotatable bonds is 7. The Morgan fingerprint density at radius 2 is 1.70 bits per heavy atom. The van der Waals surface area contributed by atoms with Gasteiger partial charge in [-0.3, -0.25) is 14.7 Å². The lowest BCUT2D eigenvalue weighted by molar-refractivity contribution is -0.126. The Morgan fingerprint density at radius 3 is 2.26 bits per heavy atom. The Hall–Kier alpha value is -2.20. The van der Waals surface area contributed by atoms with Crippen LogP contribution in [0.15, 0.2) is 48.8 Å². The molecule has 2 aromatic rings. The molecule has 0 aliphatic carbocycles. The lowest BCUT2D eigenvalue weighted by atomic mass is 10.1. The fourth-order valence-electron chi connectivity index (χ4n) is 2.58. The number of nitrogens with zero attached hydrogens (tertiary/aromatic N) is 2. The van der Waals surface area contributed by atoms with Gasteiger partial charge in [-0.05, 0) is 48.8 Å². The van der Waals surface area contributed by atoms with Crippen LogP contribution < -0.4 is 5.32 Å². The van der Waals surface area contributed by atoms with Gasteiger partial charge in [0, 0.05) is 18.9 Å². The second-order valence-electron chi connectivity index (χ2n) is 5.65. The van der Waals surface area contributed by atoms with Gasteiger partial charge in [-0.15, -0.1) is 0 Å². The average molecular weight is 311 g/mol. The molecule has 1 N–H and O–H groups in total. The molecule has 0 fully saturated rings. The van der Waals surface area contributed by atoms with Crippen LogP contribution in [0.25, 0.3) is 11.1 Å². The Balaban J connectivity index is 1.95. The van der Waals surface area contributed by atoms with Gasteiger partial charge in [0.1, 0.15) is 0 Å². The smallest absolute Gasteiger partial charge is 0.237 e. The summed E-state index contributed by atoms with van der Waals surface area (Å²) in [4.78, 5) is 18.4. The molecule has 0 radical (unpaired) electrons. The van der Waals surface area contributed by atoms with E-state index in [9.17, 15) is 4.79 Å². The molecule has 1 heterocycles. The molecule has 23 heavy (non-hydrogen) atoms. The van der Waals surface area contributed by atoms with E-state index in [0.29, 0.717) is 6.54 Å². The van der Waals surface area contributed by atoms with Crippen LogP contribution in [0, 0.1) is 0 Å². The first-order chi connectivity index (χ1) is 11.2. The van der Waals surface area contributed by atoms with Crippen molar-refractivity contribution in [3.8, 4) is 11.1 Å². The summed E-state index contributed by atoms with van der Waals surface area (Å²) in [5.74, 6) is 0.0926. The Labute approximate surface area is 138 Å². The molecule has 0 bridgehead atoms. The van der Waals surface area contributed by atoms with Crippen LogP contribution in [-0.2, 0) is 11.3 Å². The highest BCUT2D eigenvalue weighted by molar-refractivity contribution is 5.81. The van der Waals surface area contributed by atoms with Crippen molar-refractivity contribution in [2.45, 2.75) is 32.9 Å². The third kappa shape index (κ3) is 4.63. The number of likely N-dealkylation sites (N-methyl/N-ethyl adjacent to an activating group) is 1. The topological polar surface area (TPSA) is 45.2 Å². The molecule has 0 spiro atoms. The largest absolute Gasteiger partial charge is 0.351 e. The molecule has 1 aromatic carbocycles. The van der Waals surface area contributed by atoms with Crippen molar-refractivity contribution < 1.29 is 4.79 Å². The van der Waals surface area contributed by atoms with Crippen LogP contribution in [0.3, 0.4) is 0 Å². The summed E-state index contributed by atoms with van der Waals surface area (Å²) in [6.07, 6.45) is 4.40. The summed E-state index contributed by atoms with van der Waals surface area (Å²) in [6, 6.07) is 12.2. The molecule has 0 saturated carbocycles. The molecule has 0 saturated heterocycles. The number of pyridine rings is 1. The van der Waals surface area contributed by atoms with E-state index in [2.05, 4.69) is 46.4 Å². The zero-order valence-electron chi connectivity index (χ0n) is 14.1. The molecule has 122 valence electrons. The molecule has 1 aromatic heterocycles. The van der Waals surface area contributed by atoms with Gasteiger partial charge in [0.05, 0.1) is 6.04 Å². The number of carbonyl (C=O) groups is 1. The highest BCUT2D eigenvalue weighted by atomic mass is 16.2. The van der Waals surface area contributed by atoms with Crippen molar-refractivity contribution in [3.05, 3.63) is 54.4 Å². The number of amides is 1. The number of aromatic nitrogens is 1. The quantitative estimate of drug-likeness (QED) is 0.854. The third-order valence-corrected chi connectivity index (χ3v) is 4.15. The van der Waals surface area contributed by atoms with E-state index < -0.39 is 0 Å². The fourth-order valence-corrected chi connectivity index (χ4v) is 2.58.